The largest absolute Gasteiger partial charge is 0.478 e. The van der Waals surface area contributed by atoms with Gasteiger partial charge in [0.1, 0.15) is 5.69 Å². The third-order valence-corrected chi connectivity index (χ3v) is 3.87. The lowest BCUT2D eigenvalue weighted by molar-refractivity contribution is 0.0697. The van der Waals surface area contributed by atoms with E-state index in [-0.39, 0.29) is 5.56 Å². The van der Waals surface area contributed by atoms with Crippen LogP contribution in [-0.4, -0.2) is 26.0 Å². The van der Waals surface area contributed by atoms with Gasteiger partial charge in [-0.1, -0.05) is 30.3 Å². The number of aromatic nitrogens is 3. The Morgan fingerprint density at radius 2 is 1.71 bits per heavy atom. The summed E-state index contributed by atoms with van der Waals surface area (Å²) in [6.07, 6.45) is 3.38. The van der Waals surface area contributed by atoms with Crippen LogP contribution in [0.3, 0.4) is 0 Å². The molecule has 0 bridgehead atoms. The summed E-state index contributed by atoms with van der Waals surface area (Å²) >= 11 is 0. The van der Waals surface area contributed by atoms with Gasteiger partial charge >= 0.3 is 5.97 Å². The number of hydrogen-bond donors (Lipinski definition) is 2. The first kappa shape index (κ1) is 14.1. The predicted octanol–water partition coefficient (Wildman–Crippen LogP) is 3.99. The molecule has 4 aromatic rings. The first-order valence-corrected chi connectivity index (χ1v) is 7.44. The summed E-state index contributed by atoms with van der Waals surface area (Å²) in [7, 11) is 0. The zero-order valence-corrected chi connectivity index (χ0v) is 12.6. The normalized spacial score (nSPS) is 10.8. The van der Waals surface area contributed by atoms with E-state index >= 15 is 0 Å². The average Bonchev–Trinajstić information content (AvgIpc) is 3.06. The molecule has 5 heteroatoms. The number of para-hydroxylation sites is 1. The molecule has 0 unspecified atom stereocenters. The lowest BCUT2D eigenvalue weighted by Gasteiger charge is -2.03. The van der Waals surface area contributed by atoms with Crippen molar-refractivity contribution in [2.24, 2.45) is 0 Å². The molecule has 5 nitrogen and oxygen atoms in total. The average molecular weight is 315 g/mol. The van der Waals surface area contributed by atoms with Crippen LogP contribution in [0.2, 0.25) is 0 Å². The maximum Gasteiger partial charge on any atom is 0.335 e. The molecule has 0 amide bonds. The summed E-state index contributed by atoms with van der Waals surface area (Å²) in [6.45, 7) is 0. The molecule has 2 N–H and O–H groups in total. The van der Waals surface area contributed by atoms with Crippen LogP contribution >= 0.6 is 0 Å². The van der Waals surface area contributed by atoms with Crippen molar-refractivity contribution in [3.05, 3.63) is 72.6 Å². The Balaban J connectivity index is 1.74. The molecule has 0 aliphatic heterocycles. The highest BCUT2D eigenvalue weighted by atomic mass is 16.4. The van der Waals surface area contributed by atoms with Crippen molar-refractivity contribution in [1.29, 1.82) is 0 Å². The standard InChI is InChI=1S/C19H13N3O2/c23-19(24)13-7-5-12(6-8-13)17-10-20-11-18(22-17)16-9-14-3-1-2-4-15(14)21-16/h1-11,21H,(H,23,24). The first-order valence-electron chi connectivity index (χ1n) is 7.44. The number of rotatable bonds is 3. The van der Waals surface area contributed by atoms with Crippen molar-refractivity contribution in [2.45, 2.75) is 0 Å². The molecule has 2 heterocycles. The molecule has 116 valence electrons. The first-order chi connectivity index (χ1) is 11.7. The van der Waals surface area contributed by atoms with Crippen LogP contribution < -0.4 is 0 Å². The molecule has 0 aliphatic carbocycles. The van der Waals surface area contributed by atoms with Crippen molar-refractivity contribution in [3.63, 3.8) is 0 Å². The van der Waals surface area contributed by atoms with Gasteiger partial charge in [0, 0.05) is 16.5 Å². The fraction of sp³-hybridized carbons (Fsp3) is 0. The Morgan fingerprint density at radius 1 is 0.958 bits per heavy atom. The Labute approximate surface area is 137 Å². The highest BCUT2D eigenvalue weighted by Crippen LogP contribution is 2.24. The quantitative estimate of drug-likeness (QED) is 0.599. The number of benzene rings is 2. The molecule has 0 spiro atoms. The molecule has 4 rings (SSSR count). The van der Waals surface area contributed by atoms with Crippen LogP contribution in [0.1, 0.15) is 10.4 Å². The topological polar surface area (TPSA) is 78.9 Å². The smallest absolute Gasteiger partial charge is 0.335 e. The maximum atomic E-state index is 10.9. The number of carboxylic acids is 1. The van der Waals surface area contributed by atoms with Gasteiger partial charge < -0.3 is 10.1 Å². The fourth-order valence-electron chi connectivity index (χ4n) is 2.63. The van der Waals surface area contributed by atoms with Gasteiger partial charge in [0.05, 0.1) is 29.3 Å². The van der Waals surface area contributed by atoms with Gasteiger partial charge in [-0.25, -0.2) is 9.78 Å². The van der Waals surface area contributed by atoms with E-state index in [0.29, 0.717) is 5.69 Å². The van der Waals surface area contributed by atoms with Crippen LogP contribution in [0.5, 0.6) is 0 Å². The van der Waals surface area contributed by atoms with Gasteiger partial charge in [0.15, 0.2) is 0 Å². The number of carbonyl (C=O) groups is 1. The van der Waals surface area contributed by atoms with E-state index in [1.165, 1.54) is 0 Å². The summed E-state index contributed by atoms with van der Waals surface area (Å²) in [5.41, 5.74) is 4.45. The van der Waals surface area contributed by atoms with Crippen molar-refractivity contribution in [1.82, 2.24) is 15.0 Å². The minimum atomic E-state index is -0.945. The van der Waals surface area contributed by atoms with Gasteiger partial charge in [-0.15, -0.1) is 0 Å². The van der Waals surface area contributed by atoms with Crippen LogP contribution in [0.4, 0.5) is 0 Å². The molecular formula is C19H13N3O2. The van der Waals surface area contributed by atoms with Crippen molar-refractivity contribution in [3.8, 4) is 22.6 Å². The summed E-state index contributed by atoms with van der Waals surface area (Å²) in [5, 5.41) is 10.1. The fourth-order valence-corrected chi connectivity index (χ4v) is 2.63. The lowest BCUT2D eigenvalue weighted by Crippen LogP contribution is -1.96. The SMILES string of the molecule is O=C(O)c1ccc(-c2cncc(-c3cc4ccccc4[nH]3)n2)cc1. The minimum absolute atomic E-state index is 0.249. The van der Waals surface area contributed by atoms with Gasteiger partial charge in [-0.3, -0.25) is 4.98 Å². The van der Waals surface area contributed by atoms with Gasteiger partial charge in [-0.05, 0) is 24.3 Å². The number of H-pyrrole nitrogens is 1. The van der Waals surface area contributed by atoms with Crippen molar-refractivity contribution in [2.75, 3.05) is 0 Å². The summed E-state index contributed by atoms with van der Waals surface area (Å²) < 4.78 is 0. The van der Waals surface area contributed by atoms with E-state index in [1.54, 1.807) is 36.7 Å². The van der Waals surface area contributed by atoms with Crippen molar-refractivity contribution >= 4 is 16.9 Å². The second kappa shape index (κ2) is 5.62. The predicted molar refractivity (Wildman–Crippen MR) is 91.7 cm³/mol. The second-order valence-corrected chi connectivity index (χ2v) is 5.44. The van der Waals surface area contributed by atoms with Crippen LogP contribution in [0.15, 0.2) is 67.0 Å². The van der Waals surface area contributed by atoms with Gasteiger partial charge in [0.2, 0.25) is 0 Å². The molecule has 0 saturated carbocycles. The molecule has 2 aromatic carbocycles. The highest BCUT2D eigenvalue weighted by Gasteiger charge is 2.08. The van der Waals surface area contributed by atoms with Crippen LogP contribution in [-0.2, 0) is 0 Å². The Bertz CT molecular complexity index is 1000. The lowest BCUT2D eigenvalue weighted by atomic mass is 10.1. The van der Waals surface area contributed by atoms with Gasteiger partial charge in [0.25, 0.3) is 0 Å². The number of nitrogens with one attached hydrogen (secondary N) is 1. The molecular weight excluding hydrogens is 302 g/mol. The summed E-state index contributed by atoms with van der Waals surface area (Å²) in [6, 6.07) is 16.7. The molecule has 0 atom stereocenters. The maximum absolute atomic E-state index is 10.9. The van der Waals surface area contributed by atoms with Crippen LogP contribution in [0.25, 0.3) is 33.5 Å². The number of aromatic amines is 1. The summed E-state index contributed by atoms with van der Waals surface area (Å²) in [5.74, 6) is -0.945. The van der Waals surface area contributed by atoms with E-state index in [2.05, 4.69) is 15.0 Å². The van der Waals surface area contributed by atoms with E-state index in [0.717, 1.165) is 27.9 Å². The Morgan fingerprint density at radius 3 is 2.46 bits per heavy atom. The third-order valence-electron chi connectivity index (χ3n) is 3.87. The second-order valence-electron chi connectivity index (χ2n) is 5.44. The molecule has 0 aliphatic rings. The molecule has 0 radical (unpaired) electrons. The highest BCUT2D eigenvalue weighted by molar-refractivity contribution is 5.88. The van der Waals surface area contributed by atoms with E-state index in [1.807, 2.05) is 30.3 Å². The molecule has 2 aromatic heterocycles. The number of hydrogen-bond acceptors (Lipinski definition) is 3. The molecule has 24 heavy (non-hydrogen) atoms. The molecule has 0 fully saturated rings. The third kappa shape index (κ3) is 2.52. The van der Waals surface area contributed by atoms with E-state index < -0.39 is 5.97 Å². The van der Waals surface area contributed by atoms with Crippen LogP contribution in [0, 0.1) is 0 Å². The number of fused-ring (bicyclic) bond motifs is 1. The number of nitrogens with zero attached hydrogens (tertiary/aromatic N) is 2. The molecule has 0 saturated heterocycles. The monoisotopic (exact) mass is 315 g/mol. The number of aromatic carboxylic acids is 1. The zero-order chi connectivity index (χ0) is 16.5. The number of carboxylic acid groups (broad SMARTS) is 1. The van der Waals surface area contributed by atoms with E-state index in [9.17, 15) is 4.79 Å². The Kier molecular flexibility index (Phi) is 3.31. The minimum Gasteiger partial charge on any atom is -0.478 e. The summed E-state index contributed by atoms with van der Waals surface area (Å²) in [4.78, 5) is 23.2. The van der Waals surface area contributed by atoms with Gasteiger partial charge in [-0.2, -0.15) is 0 Å². The Hall–Kier alpha value is -3.47. The van der Waals surface area contributed by atoms with E-state index in [4.69, 9.17) is 5.11 Å². The zero-order valence-electron chi connectivity index (χ0n) is 12.6. The van der Waals surface area contributed by atoms with Crippen molar-refractivity contribution < 1.29 is 9.90 Å².